The van der Waals surface area contributed by atoms with Crippen molar-refractivity contribution in [1.29, 1.82) is 0 Å². The zero-order valence-electron chi connectivity index (χ0n) is 15.9. The van der Waals surface area contributed by atoms with Crippen LogP contribution in [-0.4, -0.2) is 6.54 Å². The Morgan fingerprint density at radius 2 is 1.70 bits per heavy atom. The first kappa shape index (κ1) is 21.6. The molecule has 3 aromatic rings. The SMILES string of the molecule is CC(C)CCNCc1c(OCc2ccc(Cl)cc2)ccc2ccccc12.Cl. The lowest BCUT2D eigenvalue weighted by Crippen LogP contribution is -2.17. The van der Waals surface area contributed by atoms with Gasteiger partial charge in [-0.05, 0) is 53.4 Å². The van der Waals surface area contributed by atoms with Crippen molar-refractivity contribution in [3.63, 3.8) is 0 Å². The van der Waals surface area contributed by atoms with Gasteiger partial charge in [0.15, 0.2) is 0 Å². The Labute approximate surface area is 173 Å². The fourth-order valence-electron chi connectivity index (χ4n) is 2.98. The van der Waals surface area contributed by atoms with Gasteiger partial charge in [0.2, 0.25) is 0 Å². The fraction of sp³-hybridized carbons (Fsp3) is 0.304. The number of ether oxygens (including phenoxy) is 1. The molecule has 1 N–H and O–H groups in total. The highest BCUT2D eigenvalue weighted by Crippen LogP contribution is 2.29. The van der Waals surface area contributed by atoms with E-state index in [1.54, 1.807) is 0 Å². The number of benzene rings is 3. The van der Waals surface area contributed by atoms with E-state index in [9.17, 15) is 0 Å². The summed E-state index contributed by atoms with van der Waals surface area (Å²) in [5, 5.41) is 6.81. The summed E-state index contributed by atoms with van der Waals surface area (Å²) in [5.41, 5.74) is 2.34. The third-order valence-electron chi connectivity index (χ3n) is 4.51. The van der Waals surface area contributed by atoms with Crippen LogP contribution in [-0.2, 0) is 13.2 Å². The van der Waals surface area contributed by atoms with Gasteiger partial charge in [-0.3, -0.25) is 0 Å². The molecule has 0 aliphatic heterocycles. The summed E-state index contributed by atoms with van der Waals surface area (Å²) in [6, 6.07) is 20.5. The fourth-order valence-corrected chi connectivity index (χ4v) is 3.11. The van der Waals surface area contributed by atoms with E-state index in [-0.39, 0.29) is 12.4 Å². The van der Waals surface area contributed by atoms with Crippen LogP contribution in [0.3, 0.4) is 0 Å². The molecule has 0 atom stereocenters. The Morgan fingerprint density at radius 3 is 2.44 bits per heavy atom. The average Bonchev–Trinajstić information content (AvgIpc) is 2.65. The number of halogens is 2. The summed E-state index contributed by atoms with van der Waals surface area (Å²) in [6.07, 6.45) is 1.17. The van der Waals surface area contributed by atoms with Gasteiger partial charge in [-0.15, -0.1) is 12.4 Å². The Morgan fingerprint density at radius 1 is 0.963 bits per heavy atom. The van der Waals surface area contributed by atoms with E-state index >= 15 is 0 Å². The van der Waals surface area contributed by atoms with Crippen LogP contribution in [0.15, 0.2) is 60.7 Å². The average molecular weight is 404 g/mol. The third-order valence-corrected chi connectivity index (χ3v) is 4.76. The molecule has 0 unspecified atom stereocenters. The molecule has 0 aliphatic rings. The molecule has 0 radical (unpaired) electrons. The van der Waals surface area contributed by atoms with Crippen LogP contribution in [0.5, 0.6) is 5.75 Å². The zero-order valence-corrected chi connectivity index (χ0v) is 17.4. The van der Waals surface area contributed by atoms with E-state index in [0.29, 0.717) is 12.5 Å². The van der Waals surface area contributed by atoms with Crippen molar-refractivity contribution in [1.82, 2.24) is 5.32 Å². The van der Waals surface area contributed by atoms with Crippen LogP contribution >= 0.6 is 24.0 Å². The molecule has 0 heterocycles. The quantitative estimate of drug-likeness (QED) is 0.426. The highest BCUT2D eigenvalue weighted by molar-refractivity contribution is 6.30. The third kappa shape index (κ3) is 6.14. The second-order valence-electron chi connectivity index (χ2n) is 7.04. The largest absolute Gasteiger partial charge is 0.489 e. The lowest BCUT2D eigenvalue weighted by Gasteiger charge is -2.16. The lowest BCUT2D eigenvalue weighted by molar-refractivity contribution is 0.302. The first-order valence-electron chi connectivity index (χ1n) is 9.22. The zero-order chi connectivity index (χ0) is 18.4. The van der Waals surface area contributed by atoms with Gasteiger partial charge >= 0.3 is 0 Å². The molecular formula is C23H27Cl2NO. The molecule has 3 aromatic carbocycles. The lowest BCUT2D eigenvalue weighted by atomic mass is 10.0. The van der Waals surface area contributed by atoms with Crippen LogP contribution in [0.4, 0.5) is 0 Å². The smallest absolute Gasteiger partial charge is 0.124 e. The summed E-state index contributed by atoms with van der Waals surface area (Å²) >= 11 is 5.96. The monoisotopic (exact) mass is 403 g/mol. The van der Waals surface area contributed by atoms with Gasteiger partial charge in [-0.25, -0.2) is 0 Å². The van der Waals surface area contributed by atoms with E-state index in [0.717, 1.165) is 29.4 Å². The van der Waals surface area contributed by atoms with Crippen LogP contribution in [0.1, 0.15) is 31.4 Å². The topological polar surface area (TPSA) is 21.3 Å². The van der Waals surface area contributed by atoms with Gasteiger partial charge in [0, 0.05) is 17.1 Å². The van der Waals surface area contributed by atoms with Gasteiger partial charge in [0.05, 0.1) is 0 Å². The minimum Gasteiger partial charge on any atom is -0.489 e. The maximum absolute atomic E-state index is 6.17. The maximum atomic E-state index is 6.17. The van der Waals surface area contributed by atoms with Crippen molar-refractivity contribution >= 4 is 34.8 Å². The van der Waals surface area contributed by atoms with Gasteiger partial charge in [-0.1, -0.05) is 67.9 Å². The molecular weight excluding hydrogens is 377 g/mol. The molecule has 3 rings (SSSR count). The molecule has 0 saturated heterocycles. The van der Waals surface area contributed by atoms with Gasteiger partial charge in [-0.2, -0.15) is 0 Å². The second-order valence-corrected chi connectivity index (χ2v) is 7.47. The predicted octanol–water partition coefficient (Wildman–Crippen LogP) is 6.63. The first-order chi connectivity index (χ1) is 12.6. The number of hydrogen-bond acceptors (Lipinski definition) is 2. The van der Waals surface area contributed by atoms with Crippen LogP contribution in [0, 0.1) is 5.92 Å². The molecule has 144 valence electrons. The van der Waals surface area contributed by atoms with Crippen LogP contribution < -0.4 is 10.1 Å². The minimum atomic E-state index is 0. The van der Waals surface area contributed by atoms with Gasteiger partial charge in [0.25, 0.3) is 0 Å². The minimum absolute atomic E-state index is 0. The first-order valence-corrected chi connectivity index (χ1v) is 9.60. The molecule has 0 aliphatic carbocycles. The summed E-state index contributed by atoms with van der Waals surface area (Å²) < 4.78 is 6.17. The molecule has 0 aromatic heterocycles. The van der Waals surface area contributed by atoms with E-state index in [4.69, 9.17) is 16.3 Å². The normalized spacial score (nSPS) is 10.8. The van der Waals surface area contributed by atoms with E-state index in [1.807, 2.05) is 24.3 Å². The molecule has 0 amide bonds. The maximum Gasteiger partial charge on any atom is 0.124 e. The molecule has 0 saturated carbocycles. The van der Waals surface area contributed by atoms with Crippen molar-refractivity contribution in [2.24, 2.45) is 5.92 Å². The molecule has 0 spiro atoms. The molecule has 0 fully saturated rings. The summed E-state index contributed by atoms with van der Waals surface area (Å²) in [6.45, 7) is 6.86. The Balaban J connectivity index is 0.00000261. The van der Waals surface area contributed by atoms with E-state index in [1.165, 1.54) is 22.8 Å². The Bertz CT molecular complexity index is 847. The molecule has 0 bridgehead atoms. The second kappa shape index (κ2) is 10.6. The molecule has 4 heteroatoms. The van der Waals surface area contributed by atoms with Crippen molar-refractivity contribution in [3.05, 3.63) is 76.8 Å². The number of nitrogens with one attached hydrogen (secondary N) is 1. The number of hydrogen-bond donors (Lipinski definition) is 1. The highest BCUT2D eigenvalue weighted by atomic mass is 35.5. The van der Waals surface area contributed by atoms with Crippen molar-refractivity contribution in [3.8, 4) is 5.75 Å². The summed E-state index contributed by atoms with van der Waals surface area (Å²) in [4.78, 5) is 0. The number of fused-ring (bicyclic) bond motifs is 1. The number of rotatable bonds is 8. The van der Waals surface area contributed by atoms with Crippen molar-refractivity contribution in [2.45, 2.75) is 33.4 Å². The summed E-state index contributed by atoms with van der Waals surface area (Å²) in [5.74, 6) is 1.64. The van der Waals surface area contributed by atoms with E-state index < -0.39 is 0 Å². The highest BCUT2D eigenvalue weighted by Gasteiger charge is 2.09. The van der Waals surface area contributed by atoms with Crippen LogP contribution in [0.25, 0.3) is 10.8 Å². The molecule has 2 nitrogen and oxygen atoms in total. The van der Waals surface area contributed by atoms with Gasteiger partial charge in [0.1, 0.15) is 12.4 Å². The van der Waals surface area contributed by atoms with Crippen molar-refractivity contribution in [2.75, 3.05) is 6.54 Å². The van der Waals surface area contributed by atoms with Crippen molar-refractivity contribution < 1.29 is 4.74 Å². The van der Waals surface area contributed by atoms with E-state index in [2.05, 4.69) is 55.6 Å². The standard InChI is InChI=1S/C23H26ClNO.ClH/c1-17(2)13-14-25-15-22-21-6-4-3-5-19(21)9-12-23(22)26-16-18-7-10-20(24)11-8-18;/h3-12,17,25H,13-16H2,1-2H3;1H. The molecule has 27 heavy (non-hydrogen) atoms. The summed E-state index contributed by atoms with van der Waals surface area (Å²) in [7, 11) is 0. The van der Waals surface area contributed by atoms with Gasteiger partial charge < -0.3 is 10.1 Å². The van der Waals surface area contributed by atoms with Crippen LogP contribution in [0.2, 0.25) is 5.02 Å². The predicted molar refractivity (Wildman–Crippen MR) is 118 cm³/mol. The Hall–Kier alpha value is -1.74. The Kier molecular flexibility index (Phi) is 8.43.